The Bertz CT molecular complexity index is 515. The molecule has 1 aliphatic rings. The molecular formula is C14H20FN3O2. The van der Waals surface area contributed by atoms with Crippen LogP contribution >= 0.6 is 0 Å². The van der Waals surface area contributed by atoms with Gasteiger partial charge in [-0.15, -0.1) is 0 Å². The largest absolute Gasteiger partial charge is 0.478 e. The highest BCUT2D eigenvalue weighted by atomic mass is 19.1. The van der Waals surface area contributed by atoms with Crippen molar-refractivity contribution in [3.63, 3.8) is 0 Å². The molecule has 1 N–H and O–H groups in total. The molecule has 5 nitrogen and oxygen atoms in total. The molecule has 0 saturated heterocycles. The summed E-state index contributed by atoms with van der Waals surface area (Å²) in [7, 11) is 5.79. The molecule has 0 unspecified atom stereocenters. The van der Waals surface area contributed by atoms with Crippen LogP contribution in [-0.2, 0) is 0 Å². The standard InChI is InChI=1S/C14H20FN3O2/c1-17(2)14(6-4-7-14)9-18(3)12-11(15)10(13(19)20)5-8-16-12/h5,8H,4,6-7,9H2,1-3H3,(H,19,20). The van der Waals surface area contributed by atoms with E-state index in [1.165, 1.54) is 12.3 Å². The molecule has 1 aromatic heterocycles. The SMILES string of the molecule is CN(CC1(N(C)C)CCC1)c1nccc(C(=O)O)c1F. The van der Waals surface area contributed by atoms with Crippen molar-refractivity contribution < 1.29 is 14.3 Å². The maximum Gasteiger partial charge on any atom is 0.338 e. The fourth-order valence-corrected chi connectivity index (χ4v) is 2.71. The number of hydrogen-bond acceptors (Lipinski definition) is 4. The number of carboxylic acid groups (broad SMARTS) is 1. The summed E-state index contributed by atoms with van der Waals surface area (Å²) < 4.78 is 14.2. The van der Waals surface area contributed by atoms with E-state index in [2.05, 4.69) is 9.88 Å². The molecule has 0 aliphatic heterocycles. The van der Waals surface area contributed by atoms with E-state index in [1.54, 1.807) is 11.9 Å². The van der Waals surface area contributed by atoms with Crippen molar-refractivity contribution >= 4 is 11.8 Å². The van der Waals surface area contributed by atoms with Gasteiger partial charge in [0.25, 0.3) is 0 Å². The zero-order valence-electron chi connectivity index (χ0n) is 12.1. The Kier molecular flexibility index (Phi) is 3.94. The van der Waals surface area contributed by atoms with E-state index in [9.17, 15) is 9.18 Å². The number of hydrogen-bond donors (Lipinski definition) is 1. The van der Waals surface area contributed by atoms with E-state index in [4.69, 9.17) is 5.11 Å². The van der Waals surface area contributed by atoms with Crippen molar-refractivity contribution in [3.8, 4) is 0 Å². The van der Waals surface area contributed by atoms with Crippen LogP contribution in [0.3, 0.4) is 0 Å². The van der Waals surface area contributed by atoms with Crippen LogP contribution in [0.5, 0.6) is 0 Å². The lowest BCUT2D eigenvalue weighted by molar-refractivity contribution is 0.0678. The maximum atomic E-state index is 14.2. The Morgan fingerprint density at radius 1 is 1.45 bits per heavy atom. The first kappa shape index (κ1) is 14.7. The van der Waals surface area contributed by atoms with Gasteiger partial charge in [-0.25, -0.2) is 14.2 Å². The van der Waals surface area contributed by atoms with Gasteiger partial charge in [0.05, 0.1) is 0 Å². The zero-order chi connectivity index (χ0) is 14.9. The van der Waals surface area contributed by atoms with Crippen molar-refractivity contribution in [1.29, 1.82) is 0 Å². The molecule has 20 heavy (non-hydrogen) atoms. The number of carboxylic acids is 1. The smallest absolute Gasteiger partial charge is 0.338 e. The number of aromatic nitrogens is 1. The molecule has 0 spiro atoms. The Morgan fingerprint density at radius 3 is 2.55 bits per heavy atom. The first-order valence-corrected chi connectivity index (χ1v) is 6.64. The summed E-state index contributed by atoms with van der Waals surface area (Å²) in [5.41, 5.74) is -0.309. The Hall–Kier alpha value is -1.69. The molecule has 0 aromatic carbocycles. The minimum Gasteiger partial charge on any atom is -0.478 e. The molecule has 1 aromatic rings. The second-order valence-corrected chi connectivity index (χ2v) is 5.63. The summed E-state index contributed by atoms with van der Waals surface area (Å²) in [4.78, 5) is 18.8. The van der Waals surface area contributed by atoms with Gasteiger partial charge < -0.3 is 14.9 Å². The van der Waals surface area contributed by atoms with Gasteiger partial charge in [0.1, 0.15) is 5.56 Å². The van der Waals surface area contributed by atoms with Crippen LogP contribution < -0.4 is 4.90 Å². The molecule has 2 rings (SSSR count). The fourth-order valence-electron chi connectivity index (χ4n) is 2.71. The number of halogens is 1. The highest BCUT2D eigenvalue weighted by molar-refractivity contribution is 5.88. The normalized spacial score (nSPS) is 16.9. The minimum absolute atomic E-state index is 0.0299. The summed E-state index contributed by atoms with van der Waals surface area (Å²) in [6.07, 6.45) is 4.62. The van der Waals surface area contributed by atoms with Gasteiger partial charge in [-0.2, -0.15) is 0 Å². The van der Waals surface area contributed by atoms with Crippen LogP contribution in [0.15, 0.2) is 12.3 Å². The number of likely N-dealkylation sites (N-methyl/N-ethyl adjacent to an activating group) is 2. The average Bonchev–Trinajstić information content (AvgIpc) is 2.32. The number of pyridine rings is 1. The second kappa shape index (κ2) is 5.36. The summed E-state index contributed by atoms with van der Waals surface area (Å²) in [5.74, 6) is -1.95. The van der Waals surface area contributed by atoms with Crippen molar-refractivity contribution in [1.82, 2.24) is 9.88 Å². The molecule has 0 bridgehead atoms. The molecular weight excluding hydrogens is 261 g/mol. The van der Waals surface area contributed by atoms with E-state index >= 15 is 0 Å². The molecule has 110 valence electrons. The van der Waals surface area contributed by atoms with Gasteiger partial charge in [0.15, 0.2) is 11.6 Å². The van der Waals surface area contributed by atoms with Crippen LogP contribution in [0, 0.1) is 5.82 Å². The van der Waals surface area contributed by atoms with Gasteiger partial charge >= 0.3 is 5.97 Å². The lowest BCUT2D eigenvalue weighted by Gasteiger charge is -2.49. The summed E-state index contributed by atoms with van der Waals surface area (Å²) >= 11 is 0. The molecule has 0 atom stereocenters. The summed E-state index contributed by atoms with van der Waals surface area (Å²) in [6, 6.07) is 1.18. The predicted octanol–water partition coefficient (Wildman–Crippen LogP) is 1.84. The van der Waals surface area contributed by atoms with E-state index in [-0.39, 0.29) is 16.9 Å². The molecule has 1 heterocycles. The number of rotatable bonds is 5. The number of nitrogens with zero attached hydrogens (tertiary/aromatic N) is 3. The highest BCUT2D eigenvalue weighted by Crippen LogP contribution is 2.37. The quantitative estimate of drug-likeness (QED) is 0.892. The van der Waals surface area contributed by atoms with Crippen LogP contribution in [0.25, 0.3) is 0 Å². The van der Waals surface area contributed by atoms with Crippen molar-refractivity contribution in [2.45, 2.75) is 24.8 Å². The van der Waals surface area contributed by atoms with E-state index in [0.717, 1.165) is 19.3 Å². The van der Waals surface area contributed by atoms with Crippen molar-refractivity contribution in [2.75, 3.05) is 32.6 Å². The molecule has 1 saturated carbocycles. The van der Waals surface area contributed by atoms with Gasteiger partial charge in [-0.3, -0.25) is 0 Å². The third kappa shape index (κ3) is 2.47. The van der Waals surface area contributed by atoms with Crippen LogP contribution in [0.2, 0.25) is 0 Å². The topological polar surface area (TPSA) is 56.7 Å². The van der Waals surface area contributed by atoms with Crippen molar-refractivity contribution in [3.05, 3.63) is 23.6 Å². The van der Waals surface area contributed by atoms with Crippen LogP contribution in [-0.4, -0.2) is 54.2 Å². The van der Waals surface area contributed by atoms with Gasteiger partial charge in [0.2, 0.25) is 0 Å². The summed E-state index contributed by atoms with van der Waals surface area (Å²) in [5, 5.41) is 8.96. The molecule has 1 fully saturated rings. The number of anilines is 1. The third-order valence-electron chi connectivity index (χ3n) is 4.23. The Labute approximate surface area is 118 Å². The summed E-state index contributed by atoms with van der Waals surface area (Å²) in [6.45, 7) is 0.632. The molecule has 1 aliphatic carbocycles. The van der Waals surface area contributed by atoms with E-state index in [0.29, 0.717) is 6.54 Å². The molecule has 6 heteroatoms. The fraction of sp³-hybridized carbons (Fsp3) is 0.571. The number of aromatic carboxylic acids is 1. The first-order chi connectivity index (χ1) is 9.37. The van der Waals surface area contributed by atoms with Crippen LogP contribution in [0.1, 0.15) is 29.6 Å². The minimum atomic E-state index is -1.27. The highest BCUT2D eigenvalue weighted by Gasteiger charge is 2.40. The monoisotopic (exact) mass is 281 g/mol. The molecule has 0 radical (unpaired) electrons. The second-order valence-electron chi connectivity index (χ2n) is 5.63. The Balaban J connectivity index is 2.23. The van der Waals surface area contributed by atoms with Gasteiger partial charge in [0, 0.05) is 25.3 Å². The predicted molar refractivity (Wildman–Crippen MR) is 74.7 cm³/mol. The average molecular weight is 281 g/mol. The lowest BCUT2D eigenvalue weighted by Crippen LogP contribution is -2.57. The van der Waals surface area contributed by atoms with Gasteiger partial charge in [-0.05, 0) is 39.4 Å². The van der Waals surface area contributed by atoms with Crippen molar-refractivity contribution in [2.24, 2.45) is 0 Å². The van der Waals surface area contributed by atoms with Crippen LogP contribution in [0.4, 0.5) is 10.2 Å². The molecule has 0 amide bonds. The Morgan fingerprint density at radius 2 is 2.10 bits per heavy atom. The zero-order valence-corrected chi connectivity index (χ0v) is 12.1. The number of carbonyl (C=O) groups is 1. The lowest BCUT2D eigenvalue weighted by atomic mass is 9.75. The third-order valence-corrected chi connectivity index (χ3v) is 4.23. The van der Waals surface area contributed by atoms with Gasteiger partial charge in [-0.1, -0.05) is 0 Å². The first-order valence-electron chi connectivity index (χ1n) is 6.64. The van der Waals surface area contributed by atoms with E-state index in [1.807, 2.05) is 14.1 Å². The maximum absolute atomic E-state index is 14.2. The van der Waals surface area contributed by atoms with E-state index < -0.39 is 11.8 Å².